The van der Waals surface area contributed by atoms with Crippen molar-refractivity contribution in [2.45, 2.75) is 6.42 Å². The number of hydrogen-bond acceptors (Lipinski definition) is 3. The van der Waals surface area contributed by atoms with Crippen LogP contribution < -0.4 is 29.6 Å². The molecule has 2 nitrogen and oxygen atoms in total. The van der Waals surface area contributed by atoms with Crippen molar-refractivity contribution >= 4 is 31.2 Å². The van der Waals surface area contributed by atoms with Gasteiger partial charge in [0.15, 0.2) is 0 Å². The van der Waals surface area contributed by atoms with Crippen LogP contribution in [0.2, 0.25) is 0 Å². The van der Waals surface area contributed by atoms with E-state index in [9.17, 15) is 4.79 Å². The molecule has 0 bridgehead atoms. The summed E-state index contributed by atoms with van der Waals surface area (Å²) in [4.78, 5) is 10.2. The van der Waals surface area contributed by atoms with Crippen molar-refractivity contribution in [3.8, 4) is 0 Å². The van der Waals surface area contributed by atoms with E-state index < -0.39 is 5.97 Å². The maximum atomic E-state index is 10.2. The van der Waals surface area contributed by atoms with E-state index in [2.05, 4.69) is 25.3 Å². The zero-order chi connectivity index (χ0) is 7.28. The molecule has 0 aromatic rings. The summed E-state index contributed by atoms with van der Waals surface area (Å²) in [6.45, 7) is 0. The summed E-state index contributed by atoms with van der Waals surface area (Å²) in [5, 5.41) is 8.42. The van der Waals surface area contributed by atoms with Gasteiger partial charge in [-0.15, -0.1) is 0 Å². The molecular weight excluding hydrogens is 179 g/mol. The molecule has 0 radical (unpaired) electrons. The van der Waals surface area contributed by atoms with Crippen molar-refractivity contribution in [3.05, 3.63) is 0 Å². The third-order valence-electron chi connectivity index (χ3n) is 1.05. The van der Waals surface area contributed by atoms with E-state index in [1.54, 1.807) is 0 Å². The van der Waals surface area contributed by atoms with Crippen LogP contribution in [-0.2, 0) is 4.79 Å². The fourth-order valence-corrected chi connectivity index (χ4v) is 1.10. The summed E-state index contributed by atoms with van der Waals surface area (Å²) < 4.78 is 0. The topological polar surface area (TPSA) is 37.3 Å². The second kappa shape index (κ2) is 8.27. The number of carboxylic acid groups (broad SMARTS) is 1. The SMILES string of the molecule is O=C(O)C(CS)CCS.[H-].[Na+]. The van der Waals surface area contributed by atoms with Gasteiger partial charge >= 0.3 is 35.5 Å². The summed E-state index contributed by atoms with van der Waals surface area (Å²) >= 11 is 7.79. The Balaban J connectivity index is -0.000000320. The standard InChI is InChI=1S/C5H10O2S2.Na.H/c6-5(7)4(3-9)1-2-8;;/h4,8-9H,1-3H2,(H,6,7);;/q;+1;-1. The van der Waals surface area contributed by atoms with Gasteiger partial charge in [-0.1, -0.05) is 0 Å². The Labute approximate surface area is 95.4 Å². The normalized spacial score (nSPS) is 11.8. The van der Waals surface area contributed by atoms with E-state index in [0.717, 1.165) is 0 Å². The van der Waals surface area contributed by atoms with E-state index in [0.29, 0.717) is 17.9 Å². The van der Waals surface area contributed by atoms with Crippen LogP contribution in [0.15, 0.2) is 0 Å². The van der Waals surface area contributed by atoms with Crippen molar-refractivity contribution in [1.82, 2.24) is 0 Å². The van der Waals surface area contributed by atoms with Gasteiger partial charge in [0.05, 0.1) is 5.92 Å². The van der Waals surface area contributed by atoms with Gasteiger partial charge in [0.1, 0.15) is 0 Å². The Morgan fingerprint density at radius 2 is 2.10 bits per heavy atom. The van der Waals surface area contributed by atoms with Crippen LogP contribution in [-0.4, -0.2) is 22.6 Å². The zero-order valence-corrected chi connectivity index (χ0v) is 9.74. The van der Waals surface area contributed by atoms with Crippen molar-refractivity contribution in [3.63, 3.8) is 0 Å². The molecule has 1 unspecified atom stereocenters. The van der Waals surface area contributed by atoms with Crippen LogP contribution in [0.5, 0.6) is 0 Å². The smallest absolute Gasteiger partial charge is 1.00 e. The van der Waals surface area contributed by atoms with Crippen LogP contribution in [0, 0.1) is 5.92 Å². The number of carboxylic acids is 1. The first-order valence-corrected chi connectivity index (χ1v) is 3.93. The first-order valence-electron chi connectivity index (χ1n) is 2.67. The van der Waals surface area contributed by atoms with E-state index in [1.165, 1.54) is 0 Å². The largest absolute Gasteiger partial charge is 1.00 e. The molecule has 0 aliphatic carbocycles. The Kier molecular flexibility index (Phi) is 11.4. The van der Waals surface area contributed by atoms with Crippen LogP contribution in [0.3, 0.4) is 0 Å². The molecule has 0 rings (SSSR count). The maximum absolute atomic E-state index is 10.2. The molecule has 1 atom stereocenters. The number of rotatable bonds is 4. The van der Waals surface area contributed by atoms with Gasteiger partial charge in [-0.2, -0.15) is 25.3 Å². The minimum Gasteiger partial charge on any atom is -1.00 e. The van der Waals surface area contributed by atoms with Gasteiger partial charge < -0.3 is 6.53 Å². The second-order valence-electron chi connectivity index (χ2n) is 1.73. The Bertz CT molecular complexity index is 104. The minimum atomic E-state index is -0.779. The molecule has 5 heteroatoms. The Hall–Kier alpha value is 1.17. The zero-order valence-electron chi connectivity index (χ0n) is 6.95. The molecule has 56 valence electrons. The predicted molar refractivity (Wildman–Crippen MR) is 44.6 cm³/mol. The molecule has 0 aliphatic rings. The molecule has 0 fully saturated rings. The predicted octanol–water partition coefficient (Wildman–Crippen LogP) is -1.95. The summed E-state index contributed by atoms with van der Waals surface area (Å²) in [5.74, 6) is -0.0992. The molecule has 1 N–H and O–H groups in total. The van der Waals surface area contributed by atoms with Gasteiger partial charge in [0.25, 0.3) is 0 Å². The van der Waals surface area contributed by atoms with E-state index >= 15 is 0 Å². The molecule has 10 heavy (non-hydrogen) atoms. The molecule has 0 heterocycles. The van der Waals surface area contributed by atoms with Crippen molar-refractivity contribution in [2.24, 2.45) is 5.92 Å². The quantitative estimate of drug-likeness (QED) is 0.356. The van der Waals surface area contributed by atoms with E-state index in [4.69, 9.17) is 5.11 Å². The van der Waals surface area contributed by atoms with E-state index in [-0.39, 0.29) is 36.9 Å². The molecule has 0 saturated carbocycles. The van der Waals surface area contributed by atoms with Crippen molar-refractivity contribution in [2.75, 3.05) is 11.5 Å². The number of thiol groups is 2. The van der Waals surface area contributed by atoms with Crippen molar-refractivity contribution in [1.29, 1.82) is 0 Å². The fourth-order valence-electron chi connectivity index (χ4n) is 0.449. The first kappa shape index (κ1) is 13.7. The minimum absolute atomic E-state index is 0. The number of hydrogen-bond donors (Lipinski definition) is 3. The van der Waals surface area contributed by atoms with Crippen LogP contribution in [0.25, 0.3) is 0 Å². The van der Waals surface area contributed by atoms with Crippen LogP contribution in [0.4, 0.5) is 0 Å². The third kappa shape index (κ3) is 5.92. The van der Waals surface area contributed by atoms with Gasteiger partial charge in [-0.25, -0.2) is 0 Å². The first-order chi connectivity index (χ1) is 4.22. The van der Waals surface area contributed by atoms with Gasteiger partial charge in [-0.05, 0) is 12.2 Å². The molecular formula is C5H11NaO2S2. The molecule has 0 spiro atoms. The van der Waals surface area contributed by atoms with Crippen LogP contribution in [0.1, 0.15) is 7.85 Å². The monoisotopic (exact) mass is 190 g/mol. The third-order valence-corrected chi connectivity index (χ3v) is 1.75. The molecule has 0 aliphatic heterocycles. The van der Waals surface area contributed by atoms with Crippen molar-refractivity contribution < 1.29 is 40.9 Å². The Morgan fingerprint density at radius 1 is 1.60 bits per heavy atom. The summed E-state index contributed by atoms with van der Waals surface area (Å²) in [6, 6.07) is 0. The summed E-state index contributed by atoms with van der Waals surface area (Å²) in [6.07, 6.45) is 0.599. The molecule has 0 aromatic carbocycles. The average molecular weight is 190 g/mol. The summed E-state index contributed by atoms with van der Waals surface area (Å²) in [5.41, 5.74) is 0. The second-order valence-corrected chi connectivity index (χ2v) is 2.54. The van der Waals surface area contributed by atoms with E-state index in [1.807, 2.05) is 0 Å². The number of aliphatic carboxylic acids is 1. The molecule has 0 saturated heterocycles. The van der Waals surface area contributed by atoms with Crippen LogP contribution >= 0.6 is 25.3 Å². The molecule has 0 amide bonds. The Morgan fingerprint density at radius 3 is 2.20 bits per heavy atom. The maximum Gasteiger partial charge on any atom is 1.00 e. The molecule has 0 aromatic heterocycles. The van der Waals surface area contributed by atoms with Gasteiger partial charge in [-0.3, -0.25) is 4.79 Å². The fraction of sp³-hybridized carbons (Fsp3) is 0.800. The number of carbonyl (C=O) groups is 1. The summed E-state index contributed by atoms with van der Waals surface area (Å²) in [7, 11) is 0. The van der Waals surface area contributed by atoms with Gasteiger partial charge in [0.2, 0.25) is 0 Å². The van der Waals surface area contributed by atoms with Gasteiger partial charge in [0, 0.05) is 5.75 Å². The average Bonchev–Trinajstić information content (AvgIpc) is 1.82.